The summed E-state index contributed by atoms with van der Waals surface area (Å²) in [5.74, 6) is -0.411. The molecule has 1 aromatic heterocycles. The molecule has 0 aliphatic carbocycles. The number of carboxylic acid groups (broad SMARTS) is 1. The summed E-state index contributed by atoms with van der Waals surface area (Å²) in [6.45, 7) is 5.35. The molecule has 2 rings (SSSR count). The lowest BCUT2D eigenvalue weighted by molar-refractivity contribution is -0.139. The number of pyridine rings is 1. The van der Waals surface area contributed by atoms with Crippen molar-refractivity contribution in [3.05, 3.63) is 23.9 Å². The Morgan fingerprint density at radius 3 is 2.95 bits per heavy atom. The Morgan fingerprint density at radius 2 is 2.29 bits per heavy atom. The molecule has 1 saturated heterocycles. The van der Waals surface area contributed by atoms with Crippen LogP contribution in [-0.4, -0.2) is 53.7 Å². The highest BCUT2D eigenvalue weighted by Crippen LogP contribution is 2.15. The largest absolute Gasteiger partial charge is 0.480 e. The summed E-state index contributed by atoms with van der Waals surface area (Å²) in [5, 5.41) is 14.8. The second-order valence-electron chi connectivity index (χ2n) is 5.32. The molecule has 1 aliphatic rings. The van der Waals surface area contributed by atoms with E-state index in [0.717, 1.165) is 0 Å². The number of carbonyl (C=O) groups excluding carboxylic acids is 1. The van der Waals surface area contributed by atoms with E-state index in [1.165, 1.54) is 0 Å². The van der Waals surface area contributed by atoms with Gasteiger partial charge in [-0.1, -0.05) is 0 Å². The molecule has 0 bridgehead atoms. The summed E-state index contributed by atoms with van der Waals surface area (Å²) in [5.41, 5.74) is 0.527. The molecule has 0 unspecified atom stereocenters. The maximum absolute atomic E-state index is 12.0. The summed E-state index contributed by atoms with van der Waals surface area (Å²) in [6, 6.07) is 2.79. The van der Waals surface area contributed by atoms with E-state index < -0.39 is 12.0 Å². The molecule has 1 atom stereocenters. The number of carboxylic acids is 1. The van der Waals surface area contributed by atoms with E-state index in [4.69, 9.17) is 5.11 Å². The Hall–Kier alpha value is -2.15. The third kappa shape index (κ3) is 3.91. The number of nitrogens with zero attached hydrogens (tertiary/aromatic N) is 2. The number of hydrogen-bond donors (Lipinski definition) is 3. The molecule has 0 spiro atoms. The zero-order chi connectivity index (χ0) is 15.4. The quantitative estimate of drug-likeness (QED) is 0.728. The van der Waals surface area contributed by atoms with Gasteiger partial charge in [0.25, 0.3) is 5.91 Å². The summed E-state index contributed by atoms with van der Waals surface area (Å²) in [4.78, 5) is 29.2. The van der Waals surface area contributed by atoms with Crippen LogP contribution in [0.2, 0.25) is 0 Å². The number of anilines is 1. The minimum Gasteiger partial charge on any atom is -0.480 e. The molecule has 0 radical (unpaired) electrons. The Kier molecular flexibility index (Phi) is 4.74. The van der Waals surface area contributed by atoms with Crippen molar-refractivity contribution in [1.29, 1.82) is 0 Å². The lowest BCUT2D eigenvalue weighted by atomic mass is 10.2. The van der Waals surface area contributed by atoms with Gasteiger partial charge in [0.2, 0.25) is 0 Å². The highest BCUT2D eigenvalue weighted by atomic mass is 16.4. The summed E-state index contributed by atoms with van der Waals surface area (Å²) in [6.07, 6.45) is 1.57. The Bertz CT molecular complexity index is 533. The van der Waals surface area contributed by atoms with Gasteiger partial charge >= 0.3 is 5.97 Å². The van der Waals surface area contributed by atoms with Crippen molar-refractivity contribution in [3.8, 4) is 0 Å². The van der Waals surface area contributed by atoms with E-state index >= 15 is 0 Å². The smallest absolute Gasteiger partial charge is 0.322 e. The highest BCUT2D eigenvalue weighted by molar-refractivity contribution is 5.95. The van der Waals surface area contributed by atoms with Crippen LogP contribution in [0.5, 0.6) is 0 Å². The maximum Gasteiger partial charge on any atom is 0.322 e. The van der Waals surface area contributed by atoms with Crippen LogP contribution in [0.1, 0.15) is 24.2 Å². The lowest BCUT2D eigenvalue weighted by Gasteiger charge is -2.32. The second kappa shape index (κ2) is 6.53. The molecule has 7 nitrogen and oxygen atoms in total. The molecule has 1 fully saturated rings. The fourth-order valence-corrected chi connectivity index (χ4v) is 2.20. The molecule has 0 aromatic carbocycles. The number of amides is 1. The van der Waals surface area contributed by atoms with Gasteiger partial charge in [-0.2, -0.15) is 0 Å². The summed E-state index contributed by atoms with van der Waals surface area (Å²) < 4.78 is 0. The third-order valence-electron chi connectivity index (χ3n) is 3.22. The maximum atomic E-state index is 12.0. The van der Waals surface area contributed by atoms with Crippen LogP contribution >= 0.6 is 0 Å². The Labute approximate surface area is 123 Å². The van der Waals surface area contributed by atoms with Gasteiger partial charge in [0.1, 0.15) is 11.9 Å². The molecular formula is C14H20N4O3. The van der Waals surface area contributed by atoms with E-state index in [9.17, 15) is 9.59 Å². The van der Waals surface area contributed by atoms with Crippen LogP contribution in [-0.2, 0) is 4.79 Å². The van der Waals surface area contributed by atoms with E-state index in [-0.39, 0.29) is 11.9 Å². The standard InChI is InChI=1S/C14H20N4O3/c1-9(2)17-13(19)10-3-4-16-12(7-10)18-6-5-15-11(8-18)14(20)21/h3-4,7,9,11,15H,5-6,8H2,1-2H3,(H,17,19)(H,20,21)/t11-/m1/s1. The topological polar surface area (TPSA) is 94.6 Å². The molecule has 2 heterocycles. The van der Waals surface area contributed by atoms with Crippen LogP contribution in [0.15, 0.2) is 18.3 Å². The van der Waals surface area contributed by atoms with Crippen LogP contribution in [0.4, 0.5) is 5.82 Å². The Morgan fingerprint density at radius 1 is 1.52 bits per heavy atom. The van der Waals surface area contributed by atoms with Crippen molar-refractivity contribution < 1.29 is 14.7 Å². The number of aromatic nitrogens is 1. The van der Waals surface area contributed by atoms with E-state index in [1.54, 1.807) is 18.3 Å². The van der Waals surface area contributed by atoms with Crippen molar-refractivity contribution in [2.75, 3.05) is 24.5 Å². The average Bonchev–Trinajstić information content (AvgIpc) is 2.47. The van der Waals surface area contributed by atoms with Crippen LogP contribution in [0.3, 0.4) is 0 Å². The first-order valence-corrected chi connectivity index (χ1v) is 6.95. The number of carbonyl (C=O) groups is 2. The zero-order valence-electron chi connectivity index (χ0n) is 12.2. The normalized spacial score (nSPS) is 18.6. The van der Waals surface area contributed by atoms with E-state index in [1.807, 2.05) is 18.7 Å². The number of rotatable bonds is 4. The molecule has 114 valence electrons. The molecule has 1 aliphatic heterocycles. The van der Waals surface area contributed by atoms with Crippen LogP contribution in [0.25, 0.3) is 0 Å². The van der Waals surface area contributed by atoms with Gasteiger partial charge in [0, 0.05) is 37.4 Å². The first-order chi connectivity index (χ1) is 9.97. The summed E-state index contributed by atoms with van der Waals surface area (Å²) in [7, 11) is 0. The fraction of sp³-hybridized carbons (Fsp3) is 0.500. The lowest BCUT2D eigenvalue weighted by Crippen LogP contribution is -2.54. The van der Waals surface area contributed by atoms with Crippen molar-refractivity contribution in [3.63, 3.8) is 0 Å². The summed E-state index contributed by atoms with van der Waals surface area (Å²) >= 11 is 0. The van der Waals surface area contributed by atoms with Gasteiger partial charge in [-0.3, -0.25) is 9.59 Å². The van der Waals surface area contributed by atoms with Gasteiger partial charge < -0.3 is 20.6 Å². The predicted molar refractivity (Wildman–Crippen MR) is 78.5 cm³/mol. The second-order valence-corrected chi connectivity index (χ2v) is 5.32. The first kappa shape index (κ1) is 15.2. The molecule has 1 aromatic rings. The number of aliphatic carboxylic acids is 1. The van der Waals surface area contributed by atoms with Crippen molar-refractivity contribution >= 4 is 17.7 Å². The zero-order valence-corrected chi connectivity index (χ0v) is 12.2. The van der Waals surface area contributed by atoms with Crippen molar-refractivity contribution in [2.45, 2.75) is 25.9 Å². The molecule has 21 heavy (non-hydrogen) atoms. The molecule has 1 amide bonds. The number of piperazine rings is 1. The monoisotopic (exact) mass is 292 g/mol. The number of hydrogen-bond acceptors (Lipinski definition) is 5. The van der Waals surface area contributed by atoms with Gasteiger partial charge in [-0.05, 0) is 26.0 Å². The van der Waals surface area contributed by atoms with Gasteiger partial charge in [0.05, 0.1) is 0 Å². The SMILES string of the molecule is CC(C)NC(=O)c1ccnc(N2CCN[C@@H](C(=O)O)C2)c1. The van der Waals surface area contributed by atoms with Crippen LogP contribution < -0.4 is 15.5 Å². The first-order valence-electron chi connectivity index (χ1n) is 6.95. The highest BCUT2D eigenvalue weighted by Gasteiger charge is 2.25. The average molecular weight is 292 g/mol. The molecule has 3 N–H and O–H groups in total. The fourth-order valence-electron chi connectivity index (χ4n) is 2.20. The van der Waals surface area contributed by atoms with Crippen LogP contribution in [0, 0.1) is 0 Å². The number of nitrogens with one attached hydrogen (secondary N) is 2. The van der Waals surface area contributed by atoms with Crippen molar-refractivity contribution in [1.82, 2.24) is 15.6 Å². The van der Waals surface area contributed by atoms with E-state index in [2.05, 4.69) is 15.6 Å². The molecule has 7 heteroatoms. The third-order valence-corrected chi connectivity index (χ3v) is 3.22. The molecule has 0 saturated carbocycles. The predicted octanol–water partition coefficient (Wildman–Crippen LogP) is 0.0826. The van der Waals surface area contributed by atoms with E-state index in [0.29, 0.717) is 31.0 Å². The van der Waals surface area contributed by atoms with Gasteiger partial charge in [-0.15, -0.1) is 0 Å². The Balaban J connectivity index is 2.13. The minimum atomic E-state index is -0.881. The van der Waals surface area contributed by atoms with Crippen molar-refractivity contribution in [2.24, 2.45) is 0 Å². The molecular weight excluding hydrogens is 272 g/mol. The van der Waals surface area contributed by atoms with Gasteiger partial charge in [-0.25, -0.2) is 4.98 Å². The minimum absolute atomic E-state index is 0.0599. The van der Waals surface area contributed by atoms with Gasteiger partial charge in [0.15, 0.2) is 0 Å².